The van der Waals surface area contributed by atoms with Crippen molar-refractivity contribution in [1.82, 2.24) is 19.4 Å². The van der Waals surface area contributed by atoms with Crippen molar-refractivity contribution in [2.75, 3.05) is 18.1 Å². The van der Waals surface area contributed by atoms with Gasteiger partial charge in [0.15, 0.2) is 0 Å². The van der Waals surface area contributed by atoms with Crippen LogP contribution >= 0.6 is 11.6 Å². The number of nitrogens with zero attached hydrogens (tertiary/aromatic N) is 5. The van der Waals surface area contributed by atoms with E-state index in [1.807, 2.05) is 6.92 Å². The summed E-state index contributed by atoms with van der Waals surface area (Å²) in [5.74, 6) is 5.56. The van der Waals surface area contributed by atoms with Crippen LogP contribution in [0.5, 0.6) is 0 Å². The Balaban J connectivity index is 1.62. The zero-order valence-electron chi connectivity index (χ0n) is 18.6. The fourth-order valence-corrected chi connectivity index (χ4v) is 6.03. The number of hydrogen-bond donors (Lipinski definition) is 2. The molecule has 1 atom stereocenters. The highest BCUT2D eigenvalue weighted by Crippen LogP contribution is 2.42. The van der Waals surface area contributed by atoms with Gasteiger partial charge in [-0.3, -0.25) is 19.3 Å². The van der Waals surface area contributed by atoms with E-state index in [1.54, 1.807) is 29.0 Å². The van der Waals surface area contributed by atoms with Gasteiger partial charge in [0.25, 0.3) is 5.91 Å². The highest BCUT2D eigenvalue weighted by molar-refractivity contribution is 7.89. The highest BCUT2D eigenvalue weighted by atomic mass is 35.5. The molecular weight excluding hydrogens is 480 g/mol. The van der Waals surface area contributed by atoms with Crippen molar-refractivity contribution < 1.29 is 18.3 Å². The number of anilines is 1. The molecule has 2 aliphatic heterocycles. The van der Waals surface area contributed by atoms with Crippen molar-refractivity contribution in [1.29, 1.82) is 0 Å². The largest absolute Gasteiger partial charge is 0.384 e. The molecule has 2 N–H and O–H groups in total. The van der Waals surface area contributed by atoms with Crippen LogP contribution in [0.15, 0.2) is 34.4 Å². The number of carbonyl (C=O) groups excluding carboxylic acids is 1. The number of rotatable bonds is 5. The second-order valence-electron chi connectivity index (χ2n) is 8.89. The molecule has 10 nitrogen and oxygen atoms in total. The maximum atomic E-state index is 13.7. The Labute approximate surface area is 202 Å². The first-order chi connectivity index (χ1) is 16.1. The fraction of sp³-hybridized carbons (Fsp3) is 0.409. The number of hydrogen-bond acceptors (Lipinski definition) is 7. The topological polar surface area (TPSA) is 120 Å². The Bertz CT molecular complexity index is 1390. The zero-order valence-corrected chi connectivity index (χ0v) is 20.2. The zero-order chi connectivity index (χ0) is 24.3. The van der Waals surface area contributed by atoms with Crippen LogP contribution in [0, 0.1) is 11.8 Å². The molecule has 178 valence electrons. The molecule has 1 fully saturated rings. The van der Waals surface area contributed by atoms with Gasteiger partial charge in [0.05, 0.1) is 40.5 Å². The summed E-state index contributed by atoms with van der Waals surface area (Å²) in [6.07, 6.45) is 4.95. The summed E-state index contributed by atoms with van der Waals surface area (Å²) in [6, 6.07) is 2.25. The third-order valence-electron chi connectivity index (χ3n) is 6.07. The molecule has 34 heavy (non-hydrogen) atoms. The summed E-state index contributed by atoms with van der Waals surface area (Å²) < 4.78 is 30.4. The molecule has 1 aromatic heterocycles. The number of aryl methyl sites for hydroxylation is 1. The minimum Gasteiger partial charge on any atom is -0.384 e. The van der Waals surface area contributed by atoms with Gasteiger partial charge in [0.1, 0.15) is 12.6 Å². The summed E-state index contributed by atoms with van der Waals surface area (Å²) in [5.41, 5.74) is 0.815. The number of carbonyl (C=O) groups is 1. The van der Waals surface area contributed by atoms with E-state index in [4.69, 9.17) is 11.6 Å². The van der Waals surface area contributed by atoms with Crippen molar-refractivity contribution in [3.05, 3.63) is 40.7 Å². The second kappa shape index (κ2) is 8.09. The van der Waals surface area contributed by atoms with Gasteiger partial charge in [0.2, 0.25) is 16.0 Å². The second-order valence-corrected chi connectivity index (χ2v) is 11.0. The fourth-order valence-electron chi connectivity index (χ4n) is 4.14. The number of aliphatic hydroxyl groups excluding tert-OH is 1. The molecule has 0 spiro atoms. The number of amides is 1. The van der Waals surface area contributed by atoms with Gasteiger partial charge in [-0.2, -0.15) is 5.10 Å². The van der Waals surface area contributed by atoms with E-state index in [2.05, 4.69) is 26.7 Å². The minimum absolute atomic E-state index is 0.0726. The summed E-state index contributed by atoms with van der Waals surface area (Å²) >= 11 is 6.61. The van der Waals surface area contributed by atoms with Crippen LogP contribution in [0.2, 0.25) is 5.02 Å². The number of guanidine groups is 1. The molecule has 1 amide bonds. The first-order valence-corrected chi connectivity index (χ1v) is 12.6. The molecule has 5 rings (SSSR count). The van der Waals surface area contributed by atoms with Crippen LogP contribution in [0.3, 0.4) is 0 Å². The maximum absolute atomic E-state index is 13.7. The predicted molar refractivity (Wildman–Crippen MR) is 126 cm³/mol. The number of sulfonamides is 1. The molecule has 3 aliphatic rings. The van der Waals surface area contributed by atoms with E-state index in [1.165, 1.54) is 17.0 Å². The lowest BCUT2D eigenvalue weighted by atomic mass is 10.1. The van der Waals surface area contributed by atoms with Crippen LogP contribution in [0.4, 0.5) is 5.69 Å². The SMILES string of the molecule is Cn1cc(CN2C(=O)c3cc(S(=O)(=O)NC4(C)CC4)cc(Cl)c3N3C2=NCC3C#CCO)cn1. The van der Waals surface area contributed by atoms with Crippen LogP contribution < -0.4 is 9.62 Å². The smallest absolute Gasteiger partial charge is 0.263 e. The van der Waals surface area contributed by atoms with E-state index >= 15 is 0 Å². The number of aliphatic imine (C=N–C) groups is 1. The molecule has 1 aliphatic carbocycles. The quantitative estimate of drug-likeness (QED) is 0.591. The Kier molecular flexibility index (Phi) is 5.44. The van der Waals surface area contributed by atoms with E-state index in [0.717, 1.165) is 18.4 Å². The lowest BCUT2D eigenvalue weighted by Crippen LogP contribution is -2.52. The monoisotopic (exact) mass is 502 g/mol. The third-order valence-corrected chi connectivity index (χ3v) is 7.97. The Morgan fingerprint density at radius 1 is 1.35 bits per heavy atom. The van der Waals surface area contributed by atoms with Crippen molar-refractivity contribution in [2.45, 2.75) is 42.8 Å². The molecule has 1 saturated carbocycles. The van der Waals surface area contributed by atoms with Crippen LogP contribution in [0.1, 0.15) is 35.7 Å². The number of nitrogens with one attached hydrogen (secondary N) is 1. The van der Waals surface area contributed by atoms with Gasteiger partial charge < -0.3 is 5.11 Å². The van der Waals surface area contributed by atoms with Gasteiger partial charge in [-0.25, -0.2) is 18.1 Å². The molecule has 1 aromatic carbocycles. The van der Waals surface area contributed by atoms with E-state index in [0.29, 0.717) is 11.6 Å². The van der Waals surface area contributed by atoms with Gasteiger partial charge in [-0.15, -0.1) is 0 Å². The van der Waals surface area contributed by atoms with Crippen LogP contribution in [-0.4, -0.2) is 64.8 Å². The molecule has 3 heterocycles. The van der Waals surface area contributed by atoms with Crippen molar-refractivity contribution >= 4 is 39.2 Å². The van der Waals surface area contributed by atoms with Gasteiger partial charge in [0, 0.05) is 24.3 Å². The van der Waals surface area contributed by atoms with Crippen LogP contribution in [0.25, 0.3) is 0 Å². The minimum atomic E-state index is -3.89. The van der Waals surface area contributed by atoms with Crippen molar-refractivity contribution in [3.8, 4) is 11.8 Å². The van der Waals surface area contributed by atoms with Crippen LogP contribution in [-0.2, 0) is 23.6 Å². The molecule has 1 unspecified atom stereocenters. The first kappa shape index (κ1) is 22.9. The summed E-state index contributed by atoms with van der Waals surface area (Å²) in [5, 5.41) is 13.5. The normalized spacial score (nSPS) is 20.4. The average molecular weight is 503 g/mol. The Morgan fingerprint density at radius 2 is 2.12 bits per heavy atom. The average Bonchev–Trinajstić information content (AvgIpc) is 3.15. The van der Waals surface area contributed by atoms with Crippen molar-refractivity contribution in [2.24, 2.45) is 12.0 Å². The predicted octanol–water partition coefficient (Wildman–Crippen LogP) is 1.10. The lowest BCUT2D eigenvalue weighted by Gasteiger charge is -2.38. The van der Waals surface area contributed by atoms with Gasteiger partial charge in [-0.05, 0) is 31.9 Å². The molecule has 2 aromatic rings. The number of fused-ring (bicyclic) bond motifs is 3. The summed E-state index contributed by atoms with van der Waals surface area (Å²) in [7, 11) is -2.11. The summed E-state index contributed by atoms with van der Waals surface area (Å²) in [4.78, 5) is 21.3. The van der Waals surface area contributed by atoms with E-state index in [-0.39, 0.29) is 35.2 Å². The summed E-state index contributed by atoms with van der Waals surface area (Å²) in [6.45, 7) is 1.98. The molecular formula is C22H23ClN6O4S. The van der Waals surface area contributed by atoms with E-state index in [9.17, 15) is 18.3 Å². The standard InChI is InChI=1S/C22H23ClN6O4S/c1-22(5-6-22)26-34(32,33)16-8-17-19(18(23)9-16)29-15(4-3-7-30)11-24-21(29)28(20(17)31)13-14-10-25-27(2)12-14/h8-10,12,15,26,30H,5-7,11,13H2,1-2H3. The number of halogens is 1. The Morgan fingerprint density at radius 3 is 2.76 bits per heavy atom. The third kappa shape index (κ3) is 3.96. The van der Waals surface area contributed by atoms with Gasteiger partial charge >= 0.3 is 0 Å². The number of benzene rings is 1. The highest BCUT2D eigenvalue weighted by Gasteiger charge is 2.45. The van der Waals surface area contributed by atoms with Gasteiger partial charge in [-0.1, -0.05) is 23.4 Å². The number of aromatic nitrogens is 2. The molecule has 12 heteroatoms. The van der Waals surface area contributed by atoms with E-state index < -0.39 is 27.5 Å². The molecule has 0 radical (unpaired) electrons. The maximum Gasteiger partial charge on any atom is 0.263 e. The first-order valence-electron chi connectivity index (χ1n) is 10.7. The molecule has 0 bridgehead atoms. The Hall–Kier alpha value is -2.91. The lowest BCUT2D eigenvalue weighted by molar-refractivity contribution is 0.0833. The number of aliphatic hydroxyl groups is 1. The van der Waals surface area contributed by atoms with Crippen molar-refractivity contribution in [3.63, 3.8) is 0 Å². The molecule has 0 saturated heterocycles.